The number of esters is 2. The Bertz CT molecular complexity index is 3020. The van der Waals surface area contributed by atoms with Crippen LogP contribution in [0.15, 0.2) is 106 Å². The number of pyridine rings is 2. The van der Waals surface area contributed by atoms with Crippen LogP contribution in [0.25, 0.3) is 26.1 Å². The number of fused-ring (bicyclic) bond motifs is 2. The van der Waals surface area contributed by atoms with Gasteiger partial charge in [0, 0.05) is 33.6 Å². The van der Waals surface area contributed by atoms with Crippen LogP contribution in [-0.2, 0) is 22.6 Å². The highest BCUT2D eigenvalue weighted by molar-refractivity contribution is 7.18. The molecule has 0 atom stereocenters. The Balaban J connectivity index is 0.000000193. The maximum absolute atomic E-state index is 13.5. The first-order chi connectivity index (χ1) is 32.5. The molecule has 0 aliphatic carbocycles. The average molecular weight is 984 g/mol. The lowest BCUT2D eigenvalue weighted by Crippen LogP contribution is -2.26. The van der Waals surface area contributed by atoms with E-state index in [9.17, 15) is 19.2 Å². The van der Waals surface area contributed by atoms with Crippen LogP contribution < -0.4 is 26.1 Å². The Hall–Kier alpha value is -6.14. The number of H-pyrrole nitrogens is 1. The highest BCUT2D eigenvalue weighted by Gasteiger charge is 2.27. The fraction of sp³-hybridized carbons (Fsp3) is 0.292. The second-order valence-electron chi connectivity index (χ2n) is 14.7. The molecule has 0 saturated carbocycles. The third-order valence-corrected chi connectivity index (χ3v) is 12.2. The molecule has 14 nitrogen and oxygen atoms in total. The lowest BCUT2D eigenvalue weighted by Gasteiger charge is -2.15. The number of rotatable bonds is 17. The molecule has 0 bridgehead atoms. The SMILES string of the molecule is CCCCOc1c(C(=O)OCC)c2sccc2n(Cc2cn[nH]c2)c1=O.CCCCOc1c(C(=O)OCC)c2sccc2n(Cc2cnn(-c3cccc(Cl)c3)c2)c1=O.[B]c1cccc(Cl)c1. The highest BCUT2D eigenvalue weighted by atomic mass is 35.5. The summed E-state index contributed by atoms with van der Waals surface area (Å²) in [5.41, 5.74) is 4.29. The number of hydrogen-bond acceptors (Lipinski definition) is 12. The van der Waals surface area contributed by atoms with Crippen molar-refractivity contribution in [2.24, 2.45) is 0 Å². The summed E-state index contributed by atoms with van der Waals surface area (Å²) in [7, 11) is 5.37. The van der Waals surface area contributed by atoms with E-state index in [1.165, 1.54) is 22.7 Å². The van der Waals surface area contributed by atoms with Gasteiger partial charge in [-0.2, -0.15) is 10.2 Å². The molecular weight excluding hydrogens is 934 g/mol. The molecule has 0 unspecified atom stereocenters. The normalized spacial score (nSPS) is 10.8. The minimum atomic E-state index is -0.547. The second-order valence-corrected chi connectivity index (χ2v) is 17.4. The van der Waals surface area contributed by atoms with Gasteiger partial charge in [0.25, 0.3) is 11.1 Å². The third kappa shape index (κ3) is 12.7. The first-order valence-corrected chi connectivity index (χ1v) is 24.2. The molecule has 67 heavy (non-hydrogen) atoms. The Morgan fingerprint density at radius 1 is 0.716 bits per heavy atom. The van der Waals surface area contributed by atoms with Crippen LogP contribution in [0.2, 0.25) is 10.0 Å². The Morgan fingerprint density at radius 2 is 1.25 bits per heavy atom. The quantitative estimate of drug-likeness (QED) is 0.0529. The van der Waals surface area contributed by atoms with Crippen molar-refractivity contribution in [2.75, 3.05) is 26.4 Å². The summed E-state index contributed by atoms with van der Waals surface area (Å²) in [6.45, 7) is 9.34. The van der Waals surface area contributed by atoms with Gasteiger partial charge in [-0.05, 0) is 73.8 Å². The molecule has 0 spiro atoms. The number of hydrogen-bond donors (Lipinski definition) is 1. The van der Waals surface area contributed by atoms with Crippen LogP contribution in [0.5, 0.6) is 11.5 Å². The summed E-state index contributed by atoms with van der Waals surface area (Å²) in [5, 5.41) is 16.1. The smallest absolute Gasteiger partial charge is 0.343 e. The van der Waals surface area contributed by atoms with Gasteiger partial charge >= 0.3 is 11.9 Å². The predicted octanol–water partition coefficient (Wildman–Crippen LogP) is 9.63. The molecule has 2 radical (unpaired) electrons. The number of thiophene rings is 2. The van der Waals surface area contributed by atoms with Gasteiger partial charge in [-0.15, -0.1) is 22.7 Å². The number of benzene rings is 2. The summed E-state index contributed by atoms with van der Waals surface area (Å²) in [5.74, 6) is -0.970. The van der Waals surface area contributed by atoms with Crippen molar-refractivity contribution in [2.45, 2.75) is 66.5 Å². The number of unbranched alkanes of at least 4 members (excludes halogenated alkanes) is 2. The van der Waals surface area contributed by atoms with Gasteiger partial charge in [0.2, 0.25) is 11.5 Å². The van der Waals surface area contributed by atoms with E-state index in [4.69, 9.17) is 50.0 Å². The molecule has 1 N–H and O–H groups in total. The van der Waals surface area contributed by atoms with Crippen molar-refractivity contribution in [1.29, 1.82) is 0 Å². The summed E-state index contributed by atoms with van der Waals surface area (Å²) in [4.78, 5) is 51.9. The van der Waals surface area contributed by atoms with Crippen molar-refractivity contribution in [3.05, 3.63) is 149 Å². The van der Waals surface area contributed by atoms with Crippen LogP contribution in [0.4, 0.5) is 0 Å². The lowest BCUT2D eigenvalue weighted by molar-refractivity contribution is 0.0513. The monoisotopic (exact) mass is 982 g/mol. The van der Waals surface area contributed by atoms with E-state index in [0.717, 1.165) is 42.5 Å². The van der Waals surface area contributed by atoms with Crippen molar-refractivity contribution in [3.63, 3.8) is 0 Å². The molecule has 6 aromatic heterocycles. The molecule has 0 aliphatic heterocycles. The molecule has 0 aliphatic rings. The molecule has 0 amide bonds. The Labute approximate surface area is 406 Å². The lowest BCUT2D eigenvalue weighted by atomic mass is 9.97. The number of nitrogens with zero attached hydrogens (tertiary/aromatic N) is 5. The highest BCUT2D eigenvalue weighted by Crippen LogP contribution is 2.32. The molecule has 2 aromatic carbocycles. The summed E-state index contributed by atoms with van der Waals surface area (Å²) < 4.78 is 28.3. The molecule has 0 fully saturated rings. The van der Waals surface area contributed by atoms with Crippen LogP contribution in [0, 0.1) is 0 Å². The standard InChI is InChI=1S/C24H24ClN3O4S.C18H21N3O4S.C6H4BCl/c1-3-5-10-32-21-20(24(30)31-4-2)22-19(9-11-33-22)27(23(21)29)14-16-13-26-28(15-16)18-8-6-7-17(25)12-18;1-3-5-7-25-15-14(18(23)24-4-2)16-13(6-8-26-16)21(17(15)22)11-12-9-19-20-10-12;7-5-2-1-3-6(8)4-5/h6-9,11-13,15H,3-5,10,14H2,1-2H3;6,8-10H,3-5,7,11H2,1-2H3,(H,19,20);1-4H. The third-order valence-electron chi connectivity index (χ3n) is 9.90. The maximum atomic E-state index is 13.5. The van der Waals surface area contributed by atoms with Gasteiger partial charge in [-0.25, -0.2) is 14.3 Å². The zero-order chi connectivity index (χ0) is 47.9. The van der Waals surface area contributed by atoms with E-state index in [1.54, 1.807) is 70.5 Å². The number of nitrogens with one attached hydrogen (secondary N) is 1. The number of ether oxygens (including phenoxy) is 4. The van der Waals surface area contributed by atoms with Crippen LogP contribution in [-0.4, -0.2) is 75.3 Å². The van der Waals surface area contributed by atoms with Gasteiger partial charge in [0.15, 0.2) is 0 Å². The average Bonchev–Trinajstić information content (AvgIpc) is 4.16. The van der Waals surface area contributed by atoms with Crippen molar-refractivity contribution in [3.8, 4) is 17.2 Å². The topological polar surface area (TPSA) is 162 Å². The second kappa shape index (κ2) is 24.6. The van der Waals surface area contributed by atoms with Gasteiger partial charge < -0.3 is 18.9 Å². The largest absolute Gasteiger partial charge is 0.487 e. The zero-order valence-corrected chi connectivity index (χ0v) is 40.6. The molecule has 348 valence electrons. The van der Waals surface area contributed by atoms with Crippen LogP contribution in [0.3, 0.4) is 0 Å². The minimum Gasteiger partial charge on any atom is -0.487 e. The van der Waals surface area contributed by atoms with Gasteiger partial charge in [-0.1, -0.05) is 79.6 Å². The number of aromatic amines is 1. The fourth-order valence-electron chi connectivity index (χ4n) is 6.72. The molecule has 19 heteroatoms. The van der Waals surface area contributed by atoms with Crippen LogP contribution in [0.1, 0.15) is 85.2 Å². The molecular formula is C48H49BCl2N6O8S2. The van der Waals surface area contributed by atoms with E-state index < -0.39 is 11.9 Å². The van der Waals surface area contributed by atoms with Gasteiger partial charge in [0.1, 0.15) is 19.0 Å². The van der Waals surface area contributed by atoms with E-state index >= 15 is 0 Å². The van der Waals surface area contributed by atoms with Gasteiger partial charge in [0.05, 0.1) is 78.0 Å². The summed E-state index contributed by atoms with van der Waals surface area (Å²) in [6.07, 6.45) is 10.4. The number of carbonyl (C=O) groups is 2. The number of aromatic nitrogens is 6. The first-order valence-electron chi connectivity index (χ1n) is 21.6. The molecule has 8 rings (SSSR count). The van der Waals surface area contributed by atoms with Crippen molar-refractivity contribution < 1.29 is 28.5 Å². The Morgan fingerprint density at radius 3 is 1.72 bits per heavy atom. The van der Waals surface area contributed by atoms with Crippen molar-refractivity contribution >= 4 is 91.6 Å². The van der Waals surface area contributed by atoms with Gasteiger partial charge in [-0.3, -0.25) is 23.8 Å². The minimum absolute atomic E-state index is 0.0408. The zero-order valence-electron chi connectivity index (χ0n) is 37.5. The predicted molar refractivity (Wildman–Crippen MR) is 267 cm³/mol. The molecule has 8 aromatic rings. The fourth-order valence-corrected chi connectivity index (χ4v) is 8.96. The van der Waals surface area contributed by atoms with Crippen molar-refractivity contribution in [1.82, 2.24) is 29.1 Å². The summed E-state index contributed by atoms with van der Waals surface area (Å²) in [6, 6.07) is 18.2. The van der Waals surface area contributed by atoms with E-state index in [0.29, 0.717) is 55.7 Å². The summed E-state index contributed by atoms with van der Waals surface area (Å²) >= 11 is 14.4. The molecule has 0 saturated heterocycles. The molecule has 6 heterocycles. The van der Waals surface area contributed by atoms with E-state index in [-0.39, 0.29) is 53.5 Å². The van der Waals surface area contributed by atoms with Crippen LogP contribution >= 0.6 is 45.9 Å². The first kappa shape index (κ1) is 50.3. The maximum Gasteiger partial charge on any atom is 0.343 e. The number of carbonyl (C=O) groups excluding carboxylic acids is 2. The van der Waals surface area contributed by atoms with E-state index in [2.05, 4.69) is 15.3 Å². The van der Waals surface area contributed by atoms with E-state index in [1.807, 2.05) is 67.2 Å². The number of halogens is 2. The Kier molecular flexibility index (Phi) is 18.4.